The normalized spacial score (nSPS) is 13.9. The number of aryl methyl sites for hydroxylation is 1. The van der Waals surface area contributed by atoms with Gasteiger partial charge in [-0.05, 0) is 30.0 Å². The summed E-state index contributed by atoms with van der Waals surface area (Å²) in [5.74, 6) is -1.83. The largest absolute Gasteiger partial charge is 0.392 e. The van der Waals surface area contributed by atoms with Crippen molar-refractivity contribution in [2.24, 2.45) is 5.73 Å². The van der Waals surface area contributed by atoms with Crippen LogP contribution in [0.5, 0.6) is 0 Å². The summed E-state index contributed by atoms with van der Waals surface area (Å²) in [6.45, 7) is 0.110. The van der Waals surface area contributed by atoms with Gasteiger partial charge in [-0.1, -0.05) is 36.4 Å². The maximum Gasteiger partial charge on any atom is 0.129 e. The SMILES string of the molecule is NCC(c1ccc(F)cc1F)C(O)CCc1ccccc1. The number of hydrogen-bond donors (Lipinski definition) is 2. The Kier molecular flexibility index (Phi) is 5.42. The zero-order chi connectivity index (χ0) is 15.2. The predicted molar refractivity (Wildman–Crippen MR) is 78.9 cm³/mol. The minimum absolute atomic E-state index is 0.110. The van der Waals surface area contributed by atoms with Crippen LogP contribution in [0.25, 0.3) is 0 Å². The van der Waals surface area contributed by atoms with Gasteiger partial charge in [0.25, 0.3) is 0 Å². The van der Waals surface area contributed by atoms with Crippen molar-refractivity contribution in [3.8, 4) is 0 Å². The number of hydrogen-bond acceptors (Lipinski definition) is 2. The molecule has 0 aromatic heterocycles. The maximum atomic E-state index is 13.8. The maximum absolute atomic E-state index is 13.8. The summed E-state index contributed by atoms with van der Waals surface area (Å²) in [4.78, 5) is 0. The van der Waals surface area contributed by atoms with E-state index in [4.69, 9.17) is 5.73 Å². The second-order valence-electron chi connectivity index (χ2n) is 5.10. The minimum atomic E-state index is -0.768. The molecule has 0 fully saturated rings. The molecule has 2 unspecified atom stereocenters. The summed E-state index contributed by atoms with van der Waals surface area (Å²) >= 11 is 0. The van der Waals surface area contributed by atoms with Gasteiger partial charge in [-0.2, -0.15) is 0 Å². The molecule has 0 aliphatic carbocycles. The van der Waals surface area contributed by atoms with Crippen LogP contribution in [0.1, 0.15) is 23.5 Å². The number of nitrogens with two attached hydrogens (primary N) is 1. The number of aliphatic hydroxyl groups excluding tert-OH is 1. The first-order valence-electron chi connectivity index (χ1n) is 6.99. The monoisotopic (exact) mass is 291 g/mol. The van der Waals surface area contributed by atoms with Gasteiger partial charge in [0.05, 0.1) is 6.10 Å². The lowest BCUT2D eigenvalue weighted by molar-refractivity contribution is 0.134. The number of rotatable bonds is 6. The minimum Gasteiger partial charge on any atom is -0.392 e. The van der Waals surface area contributed by atoms with E-state index >= 15 is 0 Å². The Balaban J connectivity index is 2.06. The molecule has 0 saturated carbocycles. The van der Waals surface area contributed by atoms with E-state index in [1.807, 2.05) is 30.3 Å². The molecule has 0 radical (unpaired) electrons. The highest BCUT2D eigenvalue weighted by atomic mass is 19.1. The quantitative estimate of drug-likeness (QED) is 0.859. The smallest absolute Gasteiger partial charge is 0.129 e. The van der Waals surface area contributed by atoms with E-state index in [1.54, 1.807) is 0 Å². The number of benzene rings is 2. The van der Waals surface area contributed by atoms with Gasteiger partial charge in [-0.3, -0.25) is 0 Å². The number of halogens is 2. The Labute approximate surface area is 123 Å². The molecular formula is C17H19F2NO. The third kappa shape index (κ3) is 4.09. The molecule has 4 heteroatoms. The van der Waals surface area contributed by atoms with Crippen LogP contribution >= 0.6 is 0 Å². The Hall–Kier alpha value is -1.78. The van der Waals surface area contributed by atoms with Crippen LogP contribution in [0.3, 0.4) is 0 Å². The second-order valence-corrected chi connectivity index (χ2v) is 5.10. The van der Waals surface area contributed by atoms with Gasteiger partial charge in [-0.25, -0.2) is 8.78 Å². The molecular weight excluding hydrogens is 272 g/mol. The van der Waals surface area contributed by atoms with Crippen LogP contribution in [0.2, 0.25) is 0 Å². The van der Waals surface area contributed by atoms with Crippen molar-refractivity contribution in [3.63, 3.8) is 0 Å². The Morgan fingerprint density at radius 1 is 1.05 bits per heavy atom. The average Bonchev–Trinajstić information content (AvgIpc) is 2.49. The van der Waals surface area contributed by atoms with Crippen LogP contribution in [0, 0.1) is 11.6 Å². The molecule has 0 aliphatic heterocycles. The molecule has 3 N–H and O–H groups in total. The first kappa shape index (κ1) is 15.6. The number of aliphatic hydroxyl groups is 1. The van der Waals surface area contributed by atoms with Gasteiger partial charge in [0, 0.05) is 18.5 Å². The fourth-order valence-corrected chi connectivity index (χ4v) is 2.45. The molecule has 0 bridgehead atoms. The van der Waals surface area contributed by atoms with E-state index in [9.17, 15) is 13.9 Å². The third-order valence-corrected chi connectivity index (χ3v) is 3.65. The van der Waals surface area contributed by atoms with Gasteiger partial charge >= 0.3 is 0 Å². The van der Waals surface area contributed by atoms with E-state index < -0.39 is 23.7 Å². The van der Waals surface area contributed by atoms with Crippen LogP contribution < -0.4 is 5.73 Å². The predicted octanol–water partition coefficient (Wildman–Crippen LogP) is 3.00. The highest BCUT2D eigenvalue weighted by molar-refractivity contribution is 5.24. The lowest BCUT2D eigenvalue weighted by atomic mass is 9.89. The summed E-state index contributed by atoms with van der Waals surface area (Å²) < 4.78 is 26.8. The highest BCUT2D eigenvalue weighted by Gasteiger charge is 2.22. The summed E-state index contributed by atoms with van der Waals surface area (Å²) in [6, 6.07) is 13.1. The van der Waals surface area contributed by atoms with E-state index in [-0.39, 0.29) is 12.1 Å². The molecule has 112 valence electrons. The van der Waals surface area contributed by atoms with Crippen molar-refractivity contribution in [1.82, 2.24) is 0 Å². The lowest BCUT2D eigenvalue weighted by Gasteiger charge is -2.22. The molecule has 2 rings (SSSR count). The van der Waals surface area contributed by atoms with Crippen molar-refractivity contribution >= 4 is 0 Å². The molecule has 0 saturated heterocycles. The average molecular weight is 291 g/mol. The molecule has 2 atom stereocenters. The molecule has 0 spiro atoms. The summed E-state index contributed by atoms with van der Waals surface area (Å²) in [5, 5.41) is 10.3. The zero-order valence-corrected chi connectivity index (χ0v) is 11.7. The molecule has 0 heterocycles. The van der Waals surface area contributed by atoms with Crippen molar-refractivity contribution in [1.29, 1.82) is 0 Å². The van der Waals surface area contributed by atoms with Crippen molar-refractivity contribution in [2.45, 2.75) is 24.9 Å². The standard InChI is InChI=1S/C17H19F2NO/c18-13-7-8-14(16(19)10-13)15(11-20)17(21)9-6-12-4-2-1-3-5-12/h1-5,7-8,10,15,17,21H,6,9,11,20H2. The zero-order valence-electron chi connectivity index (χ0n) is 11.7. The summed E-state index contributed by atoms with van der Waals surface area (Å²) in [7, 11) is 0. The fourth-order valence-electron chi connectivity index (χ4n) is 2.45. The van der Waals surface area contributed by atoms with E-state index in [1.165, 1.54) is 12.1 Å². The topological polar surface area (TPSA) is 46.2 Å². The van der Waals surface area contributed by atoms with Crippen LogP contribution in [-0.4, -0.2) is 17.8 Å². The molecule has 21 heavy (non-hydrogen) atoms. The van der Waals surface area contributed by atoms with E-state index in [0.717, 1.165) is 11.6 Å². The van der Waals surface area contributed by atoms with E-state index in [0.29, 0.717) is 12.8 Å². The van der Waals surface area contributed by atoms with Crippen molar-refractivity contribution in [3.05, 3.63) is 71.3 Å². The molecule has 0 aliphatic rings. The van der Waals surface area contributed by atoms with Gasteiger partial charge in [-0.15, -0.1) is 0 Å². The van der Waals surface area contributed by atoms with Crippen LogP contribution in [-0.2, 0) is 6.42 Å². The van der Waals surface area contributed by atoms with Crippen molar-refractivity contribution < 1.29 is 13.9 Å². The van der Waals surface area contributed by atoms with Crippen molar-refractivity contribution in [2.75, 3.05) is 6.54 Å². The van der Waals surface area contributed by atoms with Gasteiger partial charge in [0.1, 0.15) is 11.6 Å². The first-order valence-corrected chi connectivity index (χ1v) is 6.99. The Morgan fingerprint density at radius 3 is 2.38 bits per heavy atom. The van der Waals surface area contributed by atoms with Crippen LogP contribution in [0.15, 0.2) is 48.5 Å². The van der Waals surface area contributed by atoms with Crippen LogP contribution in [0.4, 0.5) is 8.78 Å². The lowest BCUT2D eigenvalue weighted by Crippen LogP contribution is -2.27. The highest BCUT2D eigenvalue weighted by Crippen LogP contribution is 2.25. The molecule has 2 nitrogen and oxygen atoms in total. The fraction of sp³-hybridized carbons (Fsp3) is 0.294. The van der Waals surface area contributed by atoms with Gasteiger partial charge in [0.2, 0.25) is 0 Å². The van der Waals surface area contributed by atoms with Gasteiger partial charge in [0.15, 0.2) is 0 Å². The third-order valence-electron chi connectivity index (χ3n) is 3.65. The summed E-state index contributed by atoms with van der Waals surface area (Å²) in [6.07, 6.45) is 0.388. The van der Waals surface area contributed by atoms with E-state index in [2.05, 4.69) is 0 Å². The first-order chi connectivity index (χ1) is 10.1. The second kappa shape index (κ2) is 7.29. The Morgan fingerprint density at radius 2 is 1.76 bits per heavy atom. The Bertz CT molecular complexity index is 574. The summed E-state index contributed by atoms with van der Waals surface area (Å²) in [5.41, 5.74) is 7.03. The van der Waals surface area contributed by atoms with Gasteiger partial charge < -0.3 is 10.8 Å². The molecule has 0 amide bonds. The molecule has 2 aromatic rings. The molecule has 2 aromatic carbocycles.